The number of fused-ring (bicyclic) bond motifs is 1. The summed E-state index contributed by atoms with van der Waals surface area (Å²) in [4.78, 5) is 82.3. The van der Waals surface area contributed by atoms with Gasteiger partial charge in [-0.05, 0) is 78.4 Å². The van der Waals surface area contributed by atoms with Crippen LogP contribution in [-0.4, -0.2) is 91.4 Å². The Balaban J connectivity index is 1.32. The number of nitrogens with one attached hydrogen (secondary N) is 5. The van der Waals surface area contributed by atoms with Gasteiger partial charge in [0.1, 0.15) is 18.7 Å². The zero-order chi connectivity index (χ0) is 37.3. The van der Waals surface area contributed by atoms with Crippen molar-refractivity contribution in [2.24, 2.45) is 39.9 Å². The van der Waals surface area contributed by atoms with E-state index in [1.807, 2.05) is 27.7 Å². The highest BCUT2D eigenvalue weighted by Gasteiger charge is 2.70. The van der Waals surface area contributed by atoms with Crippen molar-refractivity contribution in [2.45, 2.75) is 136 Å². The number of likely N-dealkylation sites (tertiary alicyclic amines) is 1. The van der Waals surface area contributed by atoms with E-state index in [0.717, 1.165) is 64.2 Å². The van der Waals surface area contributed by atoms with Crippen molar-refractivity contribution in [1.82, 2.24) is 31.5 Å². The predicted octanol–water partition coefficient (Wildman–Crippen LogP) is 3.65. The number of urea groups is 1. The molecule has 0 radical (unpaired) electrons. The molecule has 1 unspecified atom stereocenters. The van der Waals surface area contributed by atoms with Crippen LogP contribution in [0, 0.1) is 39.9 Å². The number of amides is 6. The monoisotopic (exact) mass is 714 g/mol. The van der Waals surface area contributed by atoms with E-state index in [9.17, 15) is 28.8 Å². The normalized spacial score (nSPS) is 26.4. The maximum atomic E-state index is 14.8. The molecule has 0 spiro atoms. The van der Waals surface area contributed by atoms with Crippen LogP contribution >= 0.6 is 0 Å². The number of Topliss-reactive ketones (excluding diaryl/α,β-unsaturated/α-hetero) is 1. The van der Waals surface area contributed by atoms with Gasteiger partial charge in [0.15, 0.2) is 0 Å². The van der Waals surface area contributed by atoms with Crippen LogP contribution in [0.5, 0.6) is 0 Å². The fraction of sp³-hybridized carbons (Fsp3) is 0.842. The standard InChI is InChI=1S/C38H62N6O7/c1-36(2,3)26(21-51-35(50)40-19-23-13-14-23)42-34(49)43-30(38(6)17-9-8-10-18-38)33(48)44-20-24-27(37(24,4)5)28(44)31(46)41-25(16-15-22-11-12-22)29(45)32(47)39-7/h22-28,30H,8-21H2,1-7H3,(H,39,47)(H,40,50)(H,41,46)(H2,42,43,49)/t24-,25?,26+,27-,28-,30+/m0/s1. The minimum Gasteiger partial charge on any atom is -0.447 e. The molecule has 0 aromatic heterocycles. The second-order valence-electron chi connectivity index (χ2n) is 18.0. The Morgan fingerprint density at radius 1 is 0.882 bits per heavy atom. The number of nitrogens with zero attached hydrogens (tertiary/aromatic N) is 1. The number of ether oxygens (including phenoxy) is 1. The van der Waals surface area contributed by atoms with Crippen LogP contribution in [0.25, 0.3) is 0 Å². The number of piperidine rings is 1. The maximum absolute atomic E-state index is 14.8. The molecule has 51 heavy (non-hydrogen) atoms. The summed E-state index contributed by atoms with van der Waals surface area (Å²) in [6.07, 6.45) is 9.32. The molecule has 1 aliphatic heterocycles. The molecule has 4 aliphatic carbocycles. The summed E-state index contributed by atoms with van der Waals surface area (Å²) in [7, 11) is 1.40. The zero-order valence-electron chi connectivity index (χ0n) is 31.8. The molecule has 5 N–H and O–H groups in total. The topological polar surface area (TPSA) is 175 Å². The molecule has 0 bridgehead atoms. The minimum absolute atomic E-state index is 0.0349. The molecule has 1 saturated heterocycles. The van der Waals surface area contributed by atoms with Crippen LogP contribution < -0.4 is 26.6 Å². The lowest BCUT2D eigenvalue weighted by Crippen LogP contribution is -2.63. The second kappa shape index (κ2) is 15.3. The Labute approximate surface area is 303 Å². The molecule has 5 rings (SSSR count). The summed E-state index contributed by atoms with van der Waals surface area (Å²) in [6, 6.07) is -3.79. The molecule has 0 aromatic carbocycles. The molecule has 6 atom stereocenters. The number of likely N-dealkylation sites (N-methyl/N-ethyl adjacent to an activating group) is 1. The summed E-state index contributed by atoms with van der Waals surface area (Å²) in [5.74, 6) is -1.18. The number of hydrogen-bond donors (Lipinski definition) is 5. The molecule has 0 aromatic rings. The molecule has 1 heterocycles. The van der Waals surface area contributed by atoms with Gasteiger partial charge in [-0.25, -0.2) is 9.59 Å². The van der Waals surface area contributed by atoms with E-state index in [1.54, 1.807) is 4.90 Å². The van der Waals surface area contributed by atoms with E-state index >= 15 is 0 Å². The number of ketones is 1. The van der Waals surface area contributed by atoms with Gasteiger partial charge in [0.05, 0.1) is 12.1 Å². The van der Waals surface area contributed by atoms with Gasteiger partial charge in [0.2, 0.25) is 17.6 Å². The van der Waals surface area contributed by atoms with Crippen LogP contribution in [-0.2, 0) is 23.9 Å². The first kappa shape index (κ1) is 38.8. The summed E-state index contributed by atoms with van der Waals surface area (Å²) >= 11 is 0. The van der Waals surface area contributed by atoms with Crippen LogP contribution in [0.2, 0.25) is 0 Å². The van der Waals surface area contributed by atoms with Gasteiger partial charge in [0.25, 0.3) is 5.91 Å². The Hall–Kier alpha value is -3.38. The zero-order valence-corrected chi connectivity index (χ0v) is 31.8. The third-order valence-corrected chi connectivity index (χ3v) is 12.6. The molecular weight excluding hydrogens is 652 g/mol. The van der Waals surface area contributed by atoms with E-state index in [2.05, 4.69) is 40.4 Å². The van der Waals surface area contributed by atoms with E-state index in [-0.39, 0.29) is 29.8 Å². The van der Waals surface area contributed by atoms with Gasteiger partial charge < -0.3 is 36.2 Å². The van der Waals surface area contributed by atoms with Crippen molar-refractivity contribution >= 4 is 35.6 Å². The lowest BCUT2D eigenvalue weighted by molar-refractivity contribution is -0.146. The largest absolute Gasteiger partial charge is 0.447 e. The smallest absolute Gasteiger partial charge is 0.407 e. The number of hydrogen-bond acceptors (Lipinski definition) is 7. The van der Waals surface area contributed by atoms with E-state index in [0.29, 0.717) is 31.3 Å². The lowest BCUT2D eigenvalue weighted by Gasteiger charge is -2.43. The number of carbonyl (C=O) groups excluding carboxylic acids is 6. The average molecular weight is 715 g/mol. The van der Waals surface area contributed by atoms with Crippen molar-refractivity contribution in [3.63, 3.8) is 0 Å². The van der Waals surface area contributed by atoms with Gasteiger partial charge in [-0.3, -0.25) is 19.2 Å². The Bertz CT molecular complexity index is 1350. The highest BCUT2D eigenvalue weighted by Crippen LogP contribution is 2.65. The molecule has 13 heteroatoms. The summed E-state index contributed by atoms with van der Waals surface area (Å²) < 4.78 is 5.50. The molecule has 5 aliphatic rings. The summed E-state index contributed by atoms with van der Waals surface area (Å²) in [6.45, 7) is 13.0. The van der Waals surface area contributed by atoms with Gasteiger partial charge in [-0.1, -0.05) is 73.6 Å². The first-order chi connectivity index (χ1) is 24.0. The number of alkyl carbamates (subject to hydrolysis) is 1. The summed E-state index contributed by atoms with van der Waals surface area (Å²) in [5.41, 5.74) is -1.18. The number of carbonyl (C=O) groups is 6. The molecule has 13 nitrogen and oxygen atoms in total. The Kier molecular flexibility index (Phi) is 11.7. The first-order valence-corrected chi connectivity index (χ1v) is 19.3. The molecule has 5 fully saturated rings. The fourth-order valence-corrected chi connectivity index (χ4v) is 8.38. The van der Waals surface area contributed by atoms with Crippen molar-refractivity contribution in [2.75, 3.05) is 26.7 Å². The minimum atomic E-state index is -0.973. The van der Waals surface area contributed by atoms with Gasteiger partial charge in [-0.15, -0.1) is 0 Å². The maximum Gasteiger partial charge on any atom is 0.407 e. The van der Waals surface area contributed by atoms with Crippen LogP contribution in [0.15, 0.2) is 0 Å². The average Bonchev–Trinajstić information content (AvgIpc) is 4.03. The van der Waals surface area contributed by atoms with Crippen molar-refractivity contribution < 1.29 is 33.5 Å². The predicted molar refractivity (Wildman–Crippen MR) is 191 cm³/mol. The molecule has 4 saturated carbocycles. The highest BCUT2D eigenvalue weighted by atomic mass is 16.5. The first-order valence-electron chi connectivity index (χ1n) is 19.3. The second-order valence-corrected chi connectivity index (χ2v) is 18.0. The van der Waals surface area contributed by atoms with Crippen LogP contribution in [0.3, 0.4) is 0 Å². The lowest BCUT2D eigenvalue weighted by atomic mass is 9.70. The molecular formula is C38H62N6O7. The SMILES string of the molecule is CNC(=O)C(=O)C(CCC1CC1)NC(=O)[C@@H]1[C@@H]2[C@H](CN1C(=O)[C@@H](NC(=O)N[C@H](COC(=O)NCC1CC1)C(C)(C)C)C1(C)CCCCC1)C2(C)C. The Morgan fingerprint density at radius 2 is 1.53 bits per heavy atom. The quantitative estimate of drug-likeness (QED) is 0.161. The van der Waals surface area contributed by atoms with E-state index in [4.69, 9.17) is 4.74 Å². The van der Waals surface area contributed by atoms with E-state index < -0.39 is 64.7 Å². The number of rotatable bonds is 15. The third kappa shape index (κ3) is 9.35. The van der Waals surface area contributed by atoms with Gasteiger partial charge >= 0.3 is 12.1 Å². The van der Waals surface area contributed by atoms with E-state index in [1.165, 1.54) is 7.05 Å². The van der Waals surface area contributed by atoms with Gasteiger partial charge in [-0.2, -0.15) is 0 Å². The Morgan fingerprint density at radius 3 is 2.12 bits per heavy atom. The van der Waals surface area contributed by atoms with Crippen LogP contribution in [0.1, 0.15) is 112 Å². The van der Waals surface area contributed by atoms with Crippen LogP contribution in [0.4, 0.5) is 9.59 Å². The molecule has 6 amide bonds. The van der Waals surface area contributed by atoms with Crippen molar-refractivity contribution in [3.8, 4) is 0 Å². The van der Waals surface area contributed by atoms with Crippen molar-refractivity contribution in [1.29, 1.82) is 0 Å². The summed E-state index contributed by atoms with van der Waals surface area (Å²) in [5, 5.41) is 14.1. The fourth-order valence-electron chi connectivity index (χ4n) is 8.38. The third-order valence-electron chi connectivity index (χ3n) is 12.6. The molecule has 286 valence electrons. The van der Waals surface area contributed by atoms with Gasteiger partial charge in [0, 0.05) is 20.1 Å². The highest BCUT2D eigenvalue weighted by molar-refractivity contribution is 6.38. The van der Waals surface area contributed by atoms with Crippen molar-refractivity contribution in [3.05, 3.63) is 0 Å².